The molecule has 0 aliphatic carbocycles. The number of aliphatic hydroxyl groups excluding tert-OH is 4. The molecule has 2 aromatic carbocycles. The van der Waals surface area contributed by atoms with Crippen LogP contribution < -0.4 is 21.3 Å². The summed E-state index contributed by atoms with van der Waals surface area (Å²) in [5, 5.41) is 61.0. The van der Waals surface area contributed by atoms with Gasteiger partial charge in [-0.2, -0.15) is 0 Å². The molecule has 0 radical (unpaired) electrons. The van der Waals surface area contributed by atoms with E-state index in [9.17, 15) is 49.5 Å². The summed E-state index contributed by atoms with van der Waals surface area (Å²) in [4.78, 5) is 63.3. The van der Waals surface area contributed by atoms with Crippen molar-refractivity contribution in [2.45, 2.75) is 89.6 Å². The number of carboxylic acid groups (broad SMARTS) is 1. The largest absolute Gasteiger partial charge is 0.481 e. The zero-order valence-electron chi connectivity index (χ0n) is 28.0. The van der Waals surface area contributed by atoms with E-state index in [2.05, 4.69) is 21.3 Å². The van der Waals surface area contributed by atoms with Crippen LogP contribution >= 0.6 is 0 Å². The number of aliphatic carboxylic acids is 1. The van der Waals surface area contributed by atoms with Crippen molar-refractivity contribution in [1.82, 2.24) is 21.3 Å². The summed E-state index contributed by atoms with van der Waals surface area (Å²) in [6.07, 6.45) is -7.88. The van der Waals surface area contributed by atoms with Crippen LogP contribution in [0.15, 0.2) is 60.7 Å². The van der Waals surface area contributed by atoms with Crippen LogP contribution in [0.2, 0.25) is 0 Å². The van der Waals surface area contributed by atoms with Crippen LogP contribution in [-0.2, 0) is 30.5 Å². The molecule has 4 amide bonds. The first-order chi connectivity index (χ1) is 23.1. The number of nitrogens with one attached hydrogen (secondary N) is 4. The molecule has 0 heterocycles. The van der Waals surface area contributed by atoms with Crippen LogP contribution in [0, 0.1) is 11.8 Å². The highest BCUT2D eigenvalue weighted by molar-refractivity contribution is 5.91. The van der Waals surface area contributed by atoms with Gasteiger partial charge in [-0.3, -0.25) is 19.2 Å². The summed E-state index contributed by atoms with van der Waals surface area (Å²) in [6.45, 7) is 5.98. The van der Waals surface area contributed by atoms with E-state index in [0.717, 1.165) is 5.56 Å². The minimum absolute atomic E-state index is 0.0273. The Hall–Kier alpha value is -4.57. The molecule has 9 N–H and O–H groups in total. The van der Waals surface area contributed by atoms with Gasteiger partial charge in [0.25, 0.3) is 5.91 Å². The molecule has 2 aromatic rings. The van der Waals surface area contributed by atoms with Gasteiger partial charge in [0.05, 0.1) is 25.1 Å². The normalized spacial score (nSPS) is 15.6. The molecule has 0 aliphatic heterocycles. The number of alkyl carbamates (subject to hydrolysis) is 1. The van der Waals surface area contributed by atoms with E-state index in [1.807, 2.05) is 6.07 Å². The van der Waals surface area contributed by atoms with Crippen molar-refractivity contribution in [3.63, 3.8) is 0 Å². The van der Waals surface area contributed by atoms with Gasteiger partial charge in [-0.25, -0.2) is 4.79 Å². The number of carbonyl (C=O) groups excluding carboxylic acids is 4. The molecule has 0 saturated heterocycles. The van der Waals surface area contributed by atoms with Crippen LogP contribution in [-0.4, -0.2) is 98.4 Å². The lowest BCUT2D eigenvalue weighted by molar-refractivity contribution is -0.145. The number of aliphatic hydroxyl groups is 4. The Morgan fingerprint density at radius 3 is 1.86 bits per heavy atom. The van der Waals surface area contributed by atoms with E-state index in [0.29, 0.717) is 5.56 Å². The number of rotatable bonds is 19. The van der Waals surface area contributed by atoms with Crippen molar-refractivity contribution in [2.75, 3.05) is 6.61 Å². The third-order valence-corrected chi connectivity index (χ3v) is 7.55. The average Bonchev–Trinajstić information content (AvgIpc) is 3.07. The summed E-state index contributed by atoms with van der Waals surface area (Å²) in [5.74, 6) is -4.55. The molecule has 0 spiro atoms. The lowest BCUT2D eigenvalue weighted by atomic mass is 9.97. The molecule has 0 saturated carbocycles. The lowest BCUT2D eigenvalue weighted by Gasteiger charge is -2.31. The van der Waals surface area contributed by atoms with Gasteiger partial charge in [0.2, 0.25) is 11.8 Å². The highest BCUT2D eigenvalue weighted by Crippen LogP contribution is 2.18. The summed E-state index contributed by atoms with van der Waals surface area (Å²) in [6, 6.07) is 12.0. The predicted octanol–water partition coefficient (Wildman–Crippen LogP) is 0.360. The van der Waals surface area contributed by atoms with Crippen molar-refractivity contribution >= 4 is 29.8 Å². The third-order valence-electron chi connectivity index (χ3n) is 7.55. The zero-order valence-corrected chi connectivity index (χ0v) is 28.0. The molecule has 0 aliphatic rings. The molecule has 270 valence electrons. The smallest absolute Gasteiger partial charge is 0.408 e. The van der Waals surface area contributed by atoms with Gasteiger partial charge >= 0.3 is 12.1 Å². The third kappa shape index (κ3) is 13.5. The molecule has 0 fully saturated rings. The molecular weight excluding hydrogens is 640 g/mol. The number of benzene rings is 2. The van der Waals surface area contributed by atoms with E-state index in [-0.39, 0.29) is 18.9 Å². The van der Waals surface area contributed by atoms with Crippen LogP contribution in [0.5, 0.6) is 0 Å². The summed E-state index contributed by atoms with van der Waals surface area (Å²) >= 11 is 0. The van der Waals surface area contributed by atoms with Gasteiger partial charge < -0.3 is 51.5 Å². The summed E-state index contributed by atoms with van der Waals surface area (Å²) < 4.78 is 5.22. The number of hydrogen-bond acceptors (Lipinski definition) is 10. The van der Waals surface area contributed by atoms with Crippen LogP contribution in [0.1, 0.15) is 57.7 Å². The molecule has 7 atom stereocenters. The fourth-order valence-electron chi connectivity index (χ4n) is 4.86. The fourth-order valence-corrected chi connectivity index (χ4v) is 4.86. The second kappa shape index (κ2) is 20.1. The van der Waals surface area contributed by atoms with Crippen molar-refractivity contribution in [2.24, 2.45) is 11.8 Å². The van der Waals surface area contributed by atoms with Crippen LogP contribution in [0.3, 0.4) is 0 Å². The Kier molecular flexibility index (Phi) is 16.6. The molecule has 0 bridgehead atoms. The van der Waals surface area contributed by atoms with Crippen molar-refractivity contribution in [1.29, 1.82) is 0 Å². The minimum atomic E-state index is -2.29. The number of amides is 4. The SMILES string of the molecule is CC(C)C[C@H](NC(=O)[C@@H](NC(=O)OCc1ccccc1)C(C)C)C(=O)N[C@@H](CO)[C@@H](O)[C@@H](O)[C@H](O)C(=O)N[C@@H](CC(=O)O)c1ccccc1. The highest BCUT2D eigenvalue weighted by atomic mass is 16.5. The molecule has 2 rings (SSSR count). The second-order valence-electron chi connectivity index (χ2n) is 12.4. The Bertz CT molecular complexity index is 1360. The Morgan fingerprint density at radius 2 is 1.33 bits per heavy atom. The number of carbonyl (C=O) groups is 5. The molecule has 0 unspecified atom stereocenters. The Balaban J connectivity index is 2.09. The van der Waals surface area contributed by atoms with Crippen LogP contribution in [0.4, 0.5) is 4.79 Å². The van der Waals surface area contributed by atoms with Gasteiger partial charge in [-0.15, -0.1) is 0 Å². The van der Waals surface area contributed by atoms with E-state index in [4.69, 9.17) is 4.74 Å². The first-order valence-corrected chi connectivity index (χ1v) is 15.9. The number of ether oxygens (including phenoxy) is 1. The van der Waals surface area contributed by atoms with Gasteiger partial charge in [-0.05, 0) is 29.4 Å². The maximum absolute atomic E-state index is 13.4. The molecule has 15 heteroatoms. The minimum Gasteiger partial charge on any atom is -0.481 e. The van der Waals surface area contributed by atoms with Crippen molar-refractivity contribution in [3.8, 4) is 0 Å². The van der Waals surface area contributed by atoms with Crippen molar-refractivity contribution < 1.29 is 54.2 Å². The number of carboxylic acids is 1. The molecule has 0 aromatic heterocycles. The van der Waals surface area contributed by atoms with Gasteiger partial charge in [0, 0.05) is 0 Å². The molecule has 49 heavy (non-hydrogen) atoms. The highest BCUT2D eigenvalue weighted by Gasteiger charge is 2.38. The van der Waals surface area contributed by atoms with Crippen molar-refractivity contribution in [3.05, 3.63) is 71.8 Å². The summed E-state index contributed by atoms with van der Waals surface area (Å²) in [5.41, 5.74) is 1.16. The number of hydrogen-bond donors (Lipinski definition) is 9. The van der Waals surface area contributed by atoms with Crippen LogP contribution in [0.25, 0.3) is 0 Å². The maximum Gasteiger partial charge on any atom is 0.408 e. The van der Waals surface area contributed by atoms with Gasteiger partial charge in [-0.1, -0.05) is 88.4 Å². The van der Waals surface area contributed by atoms with E-state index >= 15 is 0 Å². The topological polar surface area (TPSA) is 244 Å². The van der Waals surface area contributed by atoms with Gasteiger partial charge in [0.1, 0.15) is 30.9 Å². The molecular formula is C34H48N4O11. The molecule has 15 nitrogen and oxygen atoms in total. The maximum atomic E-state index is 13.4. The quantitative estimate of drug-likeness (QED) is 0.0976. The average molecular weight is 689 g/mol. The monoisotopic (exact) mass is 688 g/mol. The van der Waals surface area contributed by atoms with E-state index in [1.165, 1.54) is 0 Å². The van der Waals surface area contributed by atoms with E-state index < -0.39 is 91.2 Å². The standard InChI is InChI=1S/C34H48N4O11/c1-19(2)15-24(36-32(46)27(20(3)4)38-34(48)49-18-21-11-7-5-8-12-21)31(45)37-25(17-39)28(42)29(43)30(44)33(47)35-23(16-26(40)41)22-13-9-6-10-14-22/h5-14,19-20,23-25,27-30,39,42-44H,15-18H2,1-4H3,(H,35,47)(H,36,46)(H,37,45)(H,38,48)(H,40,41)/t23-,24-,25-,27-,28+,29+,30-/m0/s1. The first kappa shape index (κ1) is 40.6. The lowest BCUT2D eigenvalue weighted by Crippen LogP contribution is -2.60. The second-order valence-corrected chi connectivity index (χ2v) is 12.4. The Morgan fingerprint density at radius 1 is 0.735 bits per heavy atom. The van der Waals surface area contributed by atoms with E-state index in [1.54, 1.807) is 82.3 Å². The first-order valence-electron chi connectivity index (χ1n) is 15.9. The summed E-state index contributed by atoms with van der Waals surface area (Å²) in [7, 11) is 0. The Labute approximate surface area is 285 Å². The fraction of sp³-hybridized carbons (Fsp3) is 0.500. The van der Waals surface area contributed by atoms with Gasteiger partial charge in [0.15, 0.2) is 6.10 Å². The predicted molar refractivity (Wildman–Crippen MR) is 176 cm³/mol. The zero-order chi connectivity index (χ0) is 36.7.